The lowest BCUT2D eigenvalue weighted by molar-refractivity contribution is -0.130. The SMILES string of the molecule is Cc1ccc(-c2noc(COC(=O)c3ccc(N4NC(=O)CCC4=O)cc3)n2)cc1F. The minimum atomic E-state index is -0.637. The molecule has 0 atom stereocenters. The van der Waals surface area contributed by atoms with E-state index in [0.717, 1.165) is 5.01 Å². The maximum atomic E-state index is 13.7. The van der Waals surface area contributed by atoms with Gasteiger partial charge < -0.3 is 9.26 Å². The maximum absolute atomic E-state index is 13.7. The number of amides is 2. The van der Waals surface area contributed by atoms with Gasteiger partial charge in [-0.15, -0.1) is 0 Å². The van der Waals surface area contributed by atoms with Gasteiger partial charge in [-0.25, -0.2) is 14.2 Å². The molecule has 0 saturated carbocycles. The van der Waals surface area contributed by atoms with Crippen LogP contribution in [0.2, 0.25) is 0 Å². The number of anilines is 1. The molecule has 1 fully saturated rings. The minimum Gasteiger partial charge on any atom is -0.452 e. The molecule has 0 bridgehead atoms. The number of carbonyl (C=O) groups is 3. The van der Waals surface area contributed by atoms with Gasteiger partial charge in [0.25, 0.3) is 5.89 Å². The average Bonchev–Trinajstić information content (AvgIpc) is 3.25. The zero-order chi connectivity index (χ0) is 22.0. The van der Waals surface area contributed by atoms with Crippen LogP contribution >= 0.6 is 0 Å². The summed E-state index contributed by atoms with van der Waals surface area (Å²) in [5.41, 5.74) is 4.09. The van der Waals surface area contributed by atoms with Crippen LogP contribution in [0.4, 0.5) is 10.1 Å². The van der Waals surface area contributed by atoms with Crippen LogP contribution in [0, 0.1) is 12.7 Å². The summed E-state index contributed by atoms with van der Waals surface area (Å²) >= 11 is 0. The highest BCUT2D eigenvalue weighted by Crippen LogP contribution is 2.20. The number of carbonyl (C=O) groups excluding carboxylic acids is 3. The molecule has 158 valence electrons. The van der Waals surface area contributed by atoms with Crippen molar-refractivity contribution < 1.29 is 28.0 Å². The second-order valence-electron chi connectivity index (χ2n) is 6.86. The third-order valence-corrected chi connectivity index (χ3v) is 4.64. The van der Waals surface area contributed by atoms with E-state index in [1.165, 1.54) is 30.3 Å². The van der Waals surface area contributed by atoms with Crippen molar-refractivity contribution in [1.82, 2.24) is 15.6 Å². The molecule has 2 amide bonds. The van der Waals surface area contributed by atoms with Gasteiger partial charge in [0.2, 0.25) is 17.6 Å². The molecule has 0 aliphatic carbocycles. The van der Waals surface area contributed by atoms with Crippen molar-refractivity contribution in [2.24, 2.45) is 0 Å². The fourth-order valence-corrected chi connectivity index (χ4v) is 2.90. The van der Waals surface area contributed by atoms with Crippen molar-refractivity contribution in [2.45, 2.75) is 26.4 Å². The topological polar surface area (TPSA) is 115 Å². The van der Waals surface area contributed by atoms with E-state index in [4.69, 9.17) is 9.26 Å². The Kier molecular flexibility index (Phi) is 5.44. The molecule has 1 aliphatic heterocycles. The number of ether oxygens (including phenoxy) is 1. The quantitative estimate of drug-likeness (QED) is 0.626. The molecule has 0 spiro atoms. The van der Waals surface area contributed by atoms with E-state index in [9.17, 15) is 18.8 Å². The number of aryl methyl sites for hydroxylation is 1. The molecule has 4 rings (SSSR count). The van der Waals surface area contributed by atoms with E-state index in [0.29, 0.717) is 16.8 Å². The highest BCUT2D eigenvalue weighted by molar-refractivity contribution is 6.01. The van der Waals surface area contributed by atoms with Gasteiger partial charge in [0.05, 0.1) is 11.3 Å². The highest BCUT2D eigenvalue weighted by atomic mass is 19.1. The lowest BCUT2D eigenvalue weighted by Gasteiger charge is -2.27. The summed E-state index contributed by atoms with van der Waals surface area (Å²) in [6.07, 6.45) is 0.271. The Morgan fingerprint density at radius 1 is 1.19 bits per heavy atom. The van der Waals surface area contributed by atoms with Gasteiger partial charge in [-0.3, -0.25) is 15.0 Å². The Bertz CT molecular complexity index is 1160. The van der Waals surface area contributed by atoms with E-state index >= 15 is 0 Å². The van der Waals surface area contributed by atoms with Gasteiger partial charge in [-0.05, 0) is 42.8 Å². The number of hydrazine groups is 1. The van der Waals surface area contributed by atoms with Crippen molar-refractivity contribution >= 4 is 23.5 Å². The fourth-order valence-electron chi connectivity index (χ4n) is 2.90. The Hall–Kier alpha value is -4.08. The number of nitrogens with one attached hydrogen (secondary N) is 1. The largest absolute Gasteiger partial charge is 0.452 e. The third kappa shape index (κ3) is 4.42. The van der Waals surface area contributed by atoms with Gasteiger partial charge in [0, 0.05) is 18.4 Å². The fraction of sp³-hybridized carbons (Fsp3) is 0.190. The normalized spacial score (nSPS) is 13.8. The molecule has 3 aromatic rings. The van der Waals surface area contributed by atoms with Crippen LogP contribution in [0.15, 0.2) is 47.0 Å². The Morgan fingerprint density at radius 2 is 1.97 bits per heavy atom. The van der Waals surface area contributed by atoms with Crippen molar-refractivity contribution in [3.05, 3.63) is 65.3 Å². The number of hydrogen-bond donors (Lipinski definition) is 1. The number of rotatable bonds is 5. The summed E-state index contributed by atoms with van der Waals surface area (Å²) in [6.45, 7) is 1.38. The zero-order valence-corrected chi connectivity index (χ0v) is 16.4. The summed E-state index contributed by atoms with van der Waals surface area (Å²) in [4.78, 5) is 39.8. The number of halogens is 1. The first-order valence-corrected chi connectivity index (χ1v) is 9.39. The third-order valence-electron chi connectivity index (χ3n) is 4.64. The van der Waals surface area contributed by atoms with Gasteiger partial charge in [-0.1, -0.05) is 17.3 Å². The lowest BCUT2D eigenvalue weighted by atomic mass is 10.1. The van der Waals surface area contributed by atoms with E-state index in [-0.39, 0.29) is 54.4 Å². The van der Waals surface area contributed by atoms with Crippen LogP contribution in [0.3, 0.4) is 0 Å². The minimum absolute atomic E-state index is 0.0579. The smallest absolute Gasteiger partial charge is 0.338 e. The molecule has 1 aromatic heterocycles. The first kappa shape index (κ1) is 20.2. The standard InChI is InChI=1S/C21H17FN4O5/c1-12-2-3-14(10-16(12)22)20-23-18(31-25-20)11-30-21(29)13-4-6-15(7-5-13)26-19(28)9-8-17(27)24-26/h2-7,10H,8-9,11H2,1H3,(H,24,27). The summed E-state index contributed by atoms with van der Waals surface area (Å²) in [5, 5.41) is 4.92. The van der Waals surface area contributed by atoms with E-state index < -0.39 is 5.97 Å². The predicted octanol–water partition coefficient (Wildman–Crippen LogP) is 2.70. The Morgan fingerprint density at radius 3 is 2.71 bits per heavy atom. The van der Waals surface area contributed by atoms with Crippen LogP contribution in [-0.4, -0.2) is 27.9 Å². The number of hydrogen-bond acceptors (Lipinski definition) is 7. The molecule has 31 heavy (non-hydrogen) atoms. The number of esters is 1. The molecular weight excluding hydrogens is 407 g/mol. The molecule has 10 heteroatoms. The molecule has 0 radical (unpaired) electrons. The molecule has 2 heterocycles. The molecule has 1 saturated heterocycles. The summed E-state index contributed by atoms with van der Waals surface area (Å²) < 4.78 is 23.9. The van der Waals surface area contributed by atoms with Gasteiger partial charge >= 0.3 is 5.97 Å². The molecule has 0 unspecified atom stereocenters. The summed E-state index contributed by atoms with van der Waals surface area (Å²) in [6, 6.07) is 10.6. The van der Waals surface area contributed by atoms with Crippen LogP contribution in [0.25, 0.3) is 11.4 Å². The van der Waals surface area contributed by atoms with Crippen molar-refractivity contribution in [2.75, 3.05) is 5.01 Å². The average molecular weight is 424 g/mol. The molecule has 2 aromatic carbocycles. The van der Waals surface area contributed by atoms with Crippen LogP contribution < -0.4 is 10.4 Å². The maximum Gasteiger partial charge on any atom is 0.338 e. The number of benzene rings is 2. The Labute approximate surface area is 175 Å². The van der Waals surface area contributed by atoms with Crippen LogP contribution in [0.5, 0.6) is 0 Å². The first-order valence-electron chi connectivity index (χ1n) is 9.39. The predicted molar refractivity (Wildman–Crippen MR) is 105 cm³/mol. The second kappa shape index (κ2) is 8.34. The molecular formula is C21H17FN4O5. The van der Waals surface area contributed by atoms with E-state index in [2.05, 4.69) is 15.6 Å². The van der Waals surface area contributed by atoms with E-state index in [1.807, 2.05) is 0 Å². The van der Waals surface area contributed by atoms with Crippen molar-refractivity contribution in [1.29, 1.82) is 0 Å². The lowest BCUT2D eigenvalue weighted by Crippen LogP contribution is -2.50. The first-order chi connectivity index (χ1) is 14.9. The molecule has 1 aliphatic rings. The van der Waals surface area contributed by atoms with Crippen LogP contribution in [0.1, 0.15) is 34.7 Å². The molecule has 9 nitrogen and oxygen atoms in total. The number of aromatic nitrogens is 2. The molecule has 1 N–H and O–H groups in total. The van der Waals surface area contributed by atoms with Gasteiger partial charge in [0.1, 0.15) is 5.82 Å². The van der Waals surface area contributed by atoms with Gasteiger partial charge in [0.15, 0.2) is 6.61 Å². The summed E-state index contributed by atoms with van der Waals surface area (Å²) in [7, 11) is 0. The second-order valence-corrected chi connectivity index (χ2v) is 6.86. The van der Waals surface area contributed by atoms with Crippen LogP contribution in [-0.2, 0) is 20.9 Å². The monoisotopic (exact) mass is 424 g/mol. The van der Waals surface area contributed by atoms with Gasteiger partial charge in [-0.2, -0.15) is 4.98 Å². The Balaban J connectivity index is 1.38. The highest BCUT2D eigenvalue weighted by Gasteiger charge is 2.24. The van der Waals surface area contributed by atoms with E-state index in [1.54, 1.807) is 19.1 Å². The number of nitrogens with zero attached hydrogens (tertiary/aromatic N) is 3. The summed E-state index contributed by atoms with van der Waals surface area (Å²) in [5.74, 6) is -1.28. The van der Waals surface area contributed by atoms with Crippen molar-refractivity contribution in [3.8, 4) is 11.4 Å². The van der Waals surface area contributed by atoms with Crippen molar-refractivity contribution in [3.63, 3.8) is 0 Å². The zero-order valence-electron chi connectivity index (χ0n) is 16.4.